The fraction of sp³-hybridized carbons (Fsp3) is 0.364. The third-order valence-electron chi connectivity index (χ3n) is 6.05. The molecule has 1 aromatic heterocycles. The van der Waals surface area contributed by atoms with Crippen molar-refractivity contribution in [2.75, 3.05) is 13.1 Å². The van der Waals surface area contributed by atoms with Crippen LogP contribution in [0.3, 0.4) is 0 Å². The summed E-state index contributed by atoms with van der Waals surface area (Å²) >= 11 is 0. The molecule has 0 saturated carbocycles. The molecule has 3 aromatic rings. The van der Waals surface area contributed by atoms with Gasteiger partial charge in [0.15, 0.2) is 0 Å². The monoisotopic (exact) mass is 360 g/mol. The first-order chi connectivity index (χ1) is 13.2. The van der Waals surface area contributed by atoms with E-state index in [0.29, 0.717) is 12.6 Å². The highest BCUT2D eigenvalue weighted by Crippen LogP contribution is 2.27. The summed E-state index contributed by atoms with van der Waals surface area (Å²) in [5.74, 6) is 0.797. The molecule has 3 heterocycles. The van der Waals surface area contributed by atoms with Gasteiger partial charge in [-0.15, -0.1) is 0 Å². The van der Waals surface area contributed by atoms with Gasteiger partial charge in [-0.25, -0.2) is 9.78 Å². The number of benzene rings is 2. The molecule has 2 aliphatic heterocycles. The second kappa shape index (κ2) is 6.50. The maximum Gasteiger partial charge on any atom is 0.330 e. The molecule has 0 radical (unpaired) electrons. The smallest absolute Gasteiger partial charge is 0.315 e. The molecule has 0 unspecified atom stereocenters. The molecule has 1 saturated heterocycles. The van der Waals surface area contributed by atoms with Crippen molar-refractivity contribution in [2.45, 2.75) is 38.9 Å². The second-order valence-corrected chi connectivity index (χ2v) is 7.69. The SMILES string of the molecule is Cc1ncc2n1C(=O)N(C1CCN(Cc3cccc4ccccc34)CC1)C2. The van der Waals surface area contributed by atoms with Gasteiger partial charge in [0.1, 0.15) is 5.82 Å². The third-order valence-corrected chi connectivity index (χ3v) is 6.05. The highest BCUT2D eigenvalue weighted by atomic mass is 16.2. The Morgan fingerprint density at radius 1 is 1.07 bits per heavy atom. The number of carbonyl (C=O) groups excluding carboxylic acids is 1. The Balaban J connectivity index is 1.25. The van der Waals surface area contributed by atoms with Gasteiger partial charge in [-0.3, -0.25) is 9.47 Å². The highest BCUT2D eigenvalue weighted by molar-refractivity contribution is 5.85. The minimum Gasteiger partial charge on any atom is -0.315 e. The van der Waals surface area contributed by atoms with E-state index in [1.807, 2.05) is 18.0 Å². The van der Waals surface area contributed by atoms with Crippen LogP contribution in [0.25, 0.3) is 10.8 Å². The first-order valence-electron chi connectivity index (χ1n) is 9.74. The van der Waals surface area contributed by atoms with Crippen molar-refractivity contribution in [1.82, 2.24) is 19.4 Å². The quantitative estimate of drug-likeness (QED) is 0.713. The molecule has 1 fully saturated rings. The number of nitrogens with zero attached hydrogens (tertiary/aromatic N) is 4. The molecular formula is C22H24N4O. The number of hydrogen-bond acceptors (Lipinski definition) is 3. The van der Waals surface area contributed by atoms with Crippen LogP contribution in [-0.4, -0.2) is 44.5 Å². The average Bonchev–Trinajstić information content (AvgIpc) is 3.23. The molecule has 0 spiro atoms. The summed E-state index contributed by atoms with van der Waals surface area (Å²) in [5.41, 5.74) is 2.41. The van der Waals surface area contributed by atoms with E-state index in [1.54, 1.807) is 4.57 Å². The lowest BCUT2D eigenvalue weighted by molar-refractivity contribution is 0.123. The van der Waals surface area contributed by atoms with Crippen LogP contribution in [0.2, 0.25) is 0 Å². The normalized spacial score (nSPS) is 18.4. The fourth-order valence-corrected chi connectivity index (χ4v) is 4.58. The molecule has 0 bridgehead atoms. The average molecular weight is 360 g/mol. The van der Waals surface area contributed by atoms with Crippen LogP contribution in [-0.2, 0) is 13.1 Å². The minimum atomic E-state index is 0.104. The van der Waals surface area contributed by atoms with Gasteiger partial charge >= 0.3 is 6.03 Å². The lowest BCUT2D eigenvalue weighted by Crippen LogP contribution is -2.45. The van der Waals surface area contributed by atoms with E-state index in [0.717, 1.165) is 44.0 Å². The van der Waals surface area contributed by atoms with E-state index < -0.39 is 0 Å². The Morgan fingerprint density at radius 2 is 1.85 bits per heavy atom. The lowest BCUT2D eigenvalue weighted by Gasteiger charge is -2.36. The maximum atomic E-state index is 12.7. The van der Waals surface area contributed by atoms with Gasteiger partial charge in [0.25, 0.3) is 0 Å². The Bertz CT molecular complexity index is 995. The first kappa shape index (κ1) is 16.5. The van der Waals surface area contributed by atoms with Crippen LogP contribution in [0.5, 0.6) is 0 Å². The van der Waals surface area contributed by atoms with Crippen LogP contribution < -0.4 is 0 Å². The summed E-state index contributed by atoms with van der Waals surface area (Å²) < 4.78 is 1.77. The number of carbonyl (C=O) groups is 1. The summed E-state index contributed by atoms with van der Waals surface area (Å²) in [4.78, 5) is 21.6. The van der Waals surface area contributed by atoms with Gasteiger partial charge in [-0.1, -0.05) is 42.5 Å². The number of aromatic nitrogens is 2. The molecular weight excluding hydrogens is 336 g/mol. The molecule has 5 heteroatoms. The van der Waals surface area contributed by atoms with E-state index in [2.05, 4.69) is 52.3 Å². The van der Waals surface area contributed by atoms with E-state index in [9.17, 15) is 4.79 Å². The van der Waals surface area contributed by atoms with E-state index in [1.165, 1.54) is 16.3 Å². The van der Waals surface area contributed by atoms with Crippen LogP contribution >= 0.6 is 0 Å². The molecule has 27 heavy (non-hydrogen) atoms. The molecule has 5 nitrogen and oxygen atoms in total. The number of piperidine rings is 1. The number of rotatable bonds is 3. The molecule has 138 valence electrons. The van der Waals surface area contributed by atoms with Gasteiger partial charge in [0, 0.05) is 25.7 Å². The number of likely N-dealkylation sites (tertiary alicyclic amines) is 1. The lowest BCUT2D eigenvalue weighted by atomic mass is 10.0. The summed E-state index contributed by atoms with van der Waals surface area (Å²) in [6.45, 7) is 5.64. The number of fused-ring (bicyclic) bond motifs is 2. The van der Waals surface area contributed by atoms with Gasteiger partial charge in [-0.2, -0.15) is 0 Å². The summed E-state index contributed by atoms with van der Waals surface area (Å²) in [6, 6.07) is 15.6. The Labute approximate surface area is 159 Å². The second-order valence-electron chi connectivity index (χ2n) is 7.69. The predicted molar refractivity (Wildman–Crippen MR) is 106 cm³/mol. The van der Waals surface area contributed by atoms with Crippen LogP contribution in [0.1, 0.15) is 29.9 Å². The standard InChI is InChI=1S/C22H24N4O/c1-16-23-13-20-15-25(22(27)26(16)20)19-9-11-24(12-10-19)14-18-7-4-6-17-5-2-3-8-21(17)18/h2-8,13,19H,9-12,14-15H2,1H3. The first-order valence-corrected chi connectivity index (χ1v) is 9.74. The Morgan fingerprint density at radius 3 is 2.67 bits per heavy atom. The van der Waals surface area contributed by atoms with Gasteiger partial charge in [0.05, 0.1) is 18.4 Å². The van der Waals surface area contributed by atoms with Crippen molar-refractivity contribution >= 4 is 16.8 Å². The van der Waals surface area contributed by atoms with Crippen molar-refractivity contribution in [3.8, 4) is 0 Å². The predicted octanol–water partition coefficient (Wildman–Crippen LogP) is 3.79. The van der Waals surface area contributed by atoms with E-state index in [4.69, 9.17) is 0 Å². The summed E-state index contributed by atoms with van der Waals surface area (Å²) in [7, 11) is 0. The molecule has 0 N–H and O–H groups in total. The number of aryl methyl sites for hydroxylation is 1. The zero-order valence-corrected chi connectivity index (χ0v) is 15.6. The zero-order chi connectivity index (χ0) is 18.4. The van der Waals surface area contributed by atoms with Crippen molar-refractivity contribution in [1.29, 1.82) is 0 Å². The zero-order valence-electron chi connectivity index (χ0n) is 15.6. The van der Waals surface area contributed by atoms with Crippen LogP contribution in [0, 0.1) is 6.92 Å². The summed E-state index contributed by atoms with van der Waals surface area (Å²) in [6.07, 6.45) is 3.91. The molecule has 0 aliphatic carbocycles. The molecule has 5 rings (SSSR count). The Kier molecular flexibility index (Phi) is 3.97. The van der Waals surface area contributed by atoms with Crippen molar-refractivity contribution in [3.63, 3.8) is 0 Å². The minimum absolute atomic E-state index is 0.104. The van der Waals surface area contributed by atoms with Gasteiger partial charge < -0.3 is 4.90 Å². The third kappa shape index (κ3) is 2.82. The summed E-state index contributed by atoms with van der Waals surface area (Å²) in [5, 5.41) is 2.65. The van der Waals surface area contributed by atoms with Crippen LogP contribution in [0.15, 0.2) is 48.7 Å². The van der Waals surface area contributed by atoms with Gasteiger partial charge in [-0.05, 0) is 36.1 Å². The molecule has 1 amide bonds. The van der Waals surface area contributed by atoms with E-state index >= 15 is 0 Å². The maximum absolute atomic E-state index is 12.7. The molecule has 2 aliphatic rings. The number of hydrogen-bond donors (Lipinski definition) is 0. The van der Waals surface area contributed by atoms with Crippen LogP contribution in [0.4, 0.5) is 4.79 Å². The Hall–Kier alpha value is -2.66. The fourth-order valence-electron chi connectivity index (χ4n) is 4.58. The highest BCUT2D eigenvalue weighted by Gasteiger charge is 2.35. The number of imidazole rings is 1. The topological polar surface area (TPSA) is 41.4 Å². The van der Waals surface area contributed by atoms with Crippen molar-refractivity contribution < 1.29 is 4.79 Å². The van der Waals surface area contributed by atoms with Crippen molar-refractivity contribution in [3.05, 3.63) is 65.7 Å². The molecule has 2 aromatic carbocycles. The number of amides is 1. The van der Waals surface area contributed by atoms with E-state index in [-0.39, 0.29) is 6.03 Å². The largest absolute Gasteiger partial charge is 0.330 e. The van der Waals surface area contributed by atoms with Crippen molar-refractivity contribution in [2.24, 2.45) is 0 Å². The molecule has 0 atom stereocenters. The van der Waals surface area contributed by atoms with Gasteiger partial charge in [0.2, 0.25) is 0 Å².